The van der Waals surface area contributed by atoms with Crippen molar-refractivity contribution in [1.82, 2.24) is 24.9 Å². The average Bonchev–Trinajstić information content (AvgIpc) is 3.16. The maximum Gasteiger partial charge on any atom is 0.405 e. The van der Waals surface area contributed by atoms with Crippen molar-refractivity contribution in [2.24, 2.45) is 0 Å². The third-order valence-corrected chi connectivity index (χ3v) is 4.30. The fourth-order valence-electron chi connectivity index (χ4n) is 2.95. The summed E-state index contributed by atoms with van der Waals surface area (Å²) in [4.78, 5) is 16.1. The Morgan fingerprint density at radius 2 is 1.87 bits per heavy atom. The van der Waals surface area contributed by atoms with Crippen molar-refractivity contribution >= 4 is 17.4 Å². The van der Waals surface area contributed by atoms with Crippen molar-refractivity contribution in [2.75, 3.05) is 11.9 Å². The number of imidazole rings is 1. The first kappa shape index (κ1) is 19.4. The second-order valence-corrected chi connectivity index (χ2v) is 6.42. The Bertz CT molecular complexity index is 1190. The monoisotopic (exact) mass is 412 g/mol. The quantitative estimate of drug-likeness (QED) is 0.528. The summed E-state index contributed by atoms with van der Waals surface area (Å²) in [5.41, 5.74) is 4.43. The molecule has 0 saturated carbocycles. The summed E-state index contributed by atoms with van der Waals surface area (Å²) in [7, 11) is 0. The predicted molar refractivity (Wildman–Crippen MR) is 105 cm³/mol. The van der Waals surface area contributed by atoms with Gasteiger partial charge in [-0.2, -0.15) is 23.4 Å². The topological polar surface area (TPSA) is 84.2 Å². The minimum atomic E-state index is -4.47. The molecule has 0 bridgehead atoms. The van der Waals surface area contributed by atoms with Crippen LogP contribution in [0.1, 0.15) is 0 Å². The van der Waals surface area contributed by atoms with E-state index in [1.807, 2.05) is 34.9 Å². The number of anilines is 1. The van der Waals surface area contributed by atoms with Gasteiger partial charge in [-0.1, -0.05) is 12.1 Å². The molecule has 0 unspecified atom stereocenters. The Hall–Kier alpha value is -3.95. The molecule has 0 atom stereocenters. The van der Waals surface area contributed by atoms with Gasteiger partial charge < -0.3 is 10.6 Å². The molecule has 0 radical (unpaired) electrons. The molecule has 4 rings (SSSR count). The summed E-state index contributed by atoms with van der Waals surface area (Å²) in [6.45, 7) is -1.40. The minimum absolute atomic E-state index is 0.363. The summed E-state index contributed by atoms with van der Waals surface area (Å²) in [6, 6.07) is 11.5. The molecule has 10 heteroatoms. The highest BCUT2D eigenvalue weighted by atomic mass is 19.4. The first-order valence-electron chi connectivity index (χ1n) is 8.85. The van der Waals surface area contributed by atoms with E-state index >= 15 is 0 Å². The highest BCUT2D eigenvalue weighted by molar-refractivity contribution is 5.90. The SMILES string of the molecule is O=C(NCC(F)(F)F)Nc1cccc(-c2cnc3cc(-c4ccnnc4)ccn23)c1. The second-order valence-electron chi connectivity index (χ2n) is 6.42. The number of carbonyl (C=O) groups is 1. The van der Waals surface area contributed by atoms with Gasteiger partial charge in [-0.05, 0) is 35.9 Å². The van der Waals surface area contributed by atoms with Crippen LogP contribution in [0.15, 0.2) is 67.3 Å². The van der Waals surface area contributed by atoms with Gasteiger partial charge in [-0.15, -0.1) is 0 Å². The molecule has 30 heavy (non-hydrogen) atoms. The fraction of sp³-hybridized carbons (Fsp3) is 0.100. The lowest BCUT2D eigenvalue weighted by atomic mass is 10.1. The zero-order valence-corrected chi connectivity index (χ0v) is 15.4. The number of pyridine rings is 1. The molecular weight excluding hydrogens is 397 g/mol. The highest BCUT2D eigenvalue weighted by Crippen LogP contribution is 2.26. The van der Waals surface area contributed by atoms with Gasteiger partial charge >= 0.3 is 12.2 Å². The molecule has 0 aliphatic rings. The van der Waals surface area contributed by atoms with Gasteiger partial charge in [0.1, 0.15) is 12.2 Å². The van der Waals surface area contributed by atoms with E-state index in [0.717, 1.165) is 22.4 Å². The Kier molecular flexibility index (Phi) is 5.05. The lowest BCUT2D eigenvalue weighted by Crippen LogP contribution is -2.36. The molecule has 1 aromatic carbocycles. The standard InChI is InChI=1S/C20H15F3N6O/c21-20(22,23)12-25-19(30)28-16-3-1-2-14(8-16)17-11-24-18-9-13(5-7-29(17)18)15-4-6-26-27-10-15/h1-11H,12H2,(H2,25,28,30). The second kappa shape index (κ2) is 7.82. The number of rotatable bonds is 4. The number of hydrogen-bond acceptors (Lipinski definition) is 4. The van der Waals surface area contributed by atoms with E-state index in [-0.39, 0.29) is 0 Å². The van der Waals surface area contributed by atoms with Gasteiger partial charge in [0.05, 0.1) is 24.3 Å². The largest absolute Gasteiger partial charge is 0.405 e. The van der Waals surface area contributed by atoms with Crippen LogP contribution in [0.4, 0.5) is 23.7 Å². The van der Waals surface area contributed by atoms with Crippen molar-refractivity contribution in [3.8, 4) is 22.4 Å². The van der Waals surface area contributed by atoms with Crippen molar-refractivity contribution in [3.63, 3.8) is 0 Å². The van der Waals surface area contributed by atoms with E-state index in [0.29, 0.717) is 11.3 Å². The van der Waals surface area contributed by atoms with Crippen molar-refractivity contribution in [3.05, 3.63) is 67.3 Å². The third-order valence-electron chi connectivity index (χ3n) is 4.30. The maximum atomic E-state index is 12.2. The van der Waals surface area contributed by atoms with Crippen LogP contribution in [0.2, 0.25) is 0 Å². The number of hydrogen-bond donors (Lipinski definition) is 2. The lowest BCUT2D eigenvalue weighted by Gasteiger charge is -2.11. The molecule has 3 aromatic heterocycles. The maximum absolute atomic E-state index is 12.2. The number of amides is 2. The molecular formula is C20H15F3N6O. The number of carbonyl (C=O) groups excluding carboxylic acids is 1. The van der Waals surface area contributed by atoms with Crippen LogP contribution in [-0.2, 0) is 0 Å². The molecule has 152 valence electrons. The van der Waals surface area contributed by atoms with Gasteiger partial charge in [0.25, 0.3) is 0 Å². The molecule has 0 saturated heterocycles. The molecule has 2 N–H and O–H groups in total. The minimum Gasteiger partial charge on any atom is -0.329 e. The highest BCUT2D eigenvalue weighted by Gasteiger charge is 2.27. The number of alkyl halides is 3. The van der Waals surface area contributed by atoms with Crippen LogP contribution < -0.4 is 10.6 Å². The summed E-state index contributed by atoms with van der Waals surface area (Å²) < 4.78 is 38.6. The number of benzene rings is 1. The summed E-state index contributed by atoms with van der Waals surface area (Å²) in [5, 5.41) is 11.8. The van der Waals surface area contributed by atoms with Crippen LogP contribution in [-0.4, -0.2) is 38.3 Å². The van der Waals surface area contributed by atoms with E-state index in [1.165, 1.54) is 0 Å². The van der Waals surface area contributed by atoms with Gasteiger partial charge in [0.2, 0.25) is 0 Å². The van der Waals surface area contributed by atoms with Gasteiger partial charge in [0.15, 0.2) is 0 Å². The third kappa shape index (κ3) is 4.37. The molecule has 7 nitrogen and oxygen atoms in total. The Morgan fingerprint density at radius 1 is 1.00 bits per heavy atom. The smallest absolute Gasteiger partial charge is 0.329 e. The Morgan fingerprint density at radius 3 is 2.63 bits per heavy atom. The van der Waals surface area contributed by atoms with Crippen molar-refractivity contribution < 1.29 is 18.0 Å². The van der Waals surface area contributed by atoms with E-state index in [1.54, 1.807) is 42.1 Å². The first-order chi connectivity index (χ1) is 14.4. The van der Waals surface area contributed by atoms with Crippen LogP contribution >= 0.6 is 0 Å². The molecule has 0 fully saturated rings. The molecule has 4 aromatic rings. The summed E-state index contributed by atoms with van der Waals surface area (Å²) >= 11 is 0. The zero-order chi connectivity index (χ0) is 21.1. The number of fused-ring (bicyclic) bond motifs is 1. The molecule has 2 amide bonds. The number of nitrogens with zero attached hydrogens (tertiary/aromatic N) is 4. The zero-order valence-electron chi connectivity index (χ0n) is 15.4. The fourth-order valence-corrected chi connectivity index (χ4v) is 2.95. The van der Waals surface area contributed by atoms with E-state index < -0.39 is 18.8 Å². The summed E-state index contributed by atoms with van der Waals surface area (Å²) in [6.07, 6.45) is 2.35. The number of halogens is 3. The Labute approximate surface area is 168 Å². The normalized spacial score (nSPS) is 11.4. The van der Waals surface area contributed by atoms with Crippen LogP contribution in [0.25, 0.3) is 28.0 Å². The molecule has 0 spiro atoms. The number of aromatic nitrogens is 4. The van der Waals surface area contributed by atoms with Crippen molar-refractivity contribution in [2.45, 2.75) is 6.18 Å². The number of urea groups is 1. The van der Waals surface area contributed by atoms with Gasteiger partial charge in [-0.3, -0.25) is 4.40 Å². The molecule has 0 aliphatic carbocycles. The predicted octanol–water partition coefficient (Wildman–Crippen LogP) is 4.14. The van der Waals surface area contributed by atoms with Crippen molar-refractivity contribution in [1.29, 1.82) is 0 Å². The van der Waals surface area contributed by atoms with E-state index in [9.17, 15) is 18.0 Å². The van der Waals surface area contributed by atoms with Crippen LogP contribution in [0.3, 0.4) is 0 Å². The van der Waals surface area contributed by atoms with E-state index in [4.69, 9.17) is 0 Å². The average molecular weight is 412 g/mol. The lowest BCUT2D eigenvalue weighted by molar-refractivity contribution is -0.122. The first-order valence-corrected chi connectivity index (χ1v) is 8.85. The summed E-state index contributed by atoms with van der Waals surface area (Å²) in [5.74, 6) is 0. The molecule has 3 heterocycles. The Balaban J connectivity index is 1.57. The van der Waals surface area contributed by atoms with Crippen LogP contribution in [0, 0.1) is 0 Å². The van der Waals surface area contributed by atoms with E-state index in [2.05, 4.69) is 20.5 Å². The van der Waals surface area contributed by atoms with Gasteiger partial charge in [0, 0.05) is 23.0 Å². The molecule has 0 aliphatic heterocycles. The van der Waals surface area contributed by atoms with Gasteiger partial charge in [-0.25, -0.2) is 9.78 Å². The van der Waals surface area contributed by atoms with Crippen LogP contribution in [0.5, 0.6) is 0 Å². The number of nitrogens with one attached hydrogen (secondary N) is 2.